The number of halogens is 1. The highest BCUT2D eigenvalue weighted by atomic mass is 35.5. The van der Waals surface area contributed by atoms with Gasteiger partial charge in [-0.05, 0) is 38.8 Å². The maximum absolute atomic E-state index is 5.96. The van der Waals surface area contributed by atoms with Crippen LogP contribution in [0.25, 0.3) is 5.69 Å². The van der Waals surface area contributed by atoms with Crippen molar-refractivity contribution in [1.29, 1.82) is 0 Å². The maximum Gasteiger partial charge on any atom is 0.0707 e. The number of hydrogen-bond donors (Lipinski definition) is 0. The summed E-state index contributed by atoms with van der Waals surface area (Å²) in [5, 5.41) is 4.61. The highest BCUT2D eigenvalue weighted by Gasteiger charge is 2.14. The quantitative estimate of drug-likeness (QED) is 0.739. The van der Waals surface area contributed by atoms with Gasteiger partial charge in [0.15, 0.2) is 0 Å². The molecule has 3 heteroatoms. The Kier molecular flexibility index (Phi) is 3.25. The lowest BCUT2D eigenvalue weighted by molar-refractivity contribution is 0.820. The number of nitrogens with zero attached hydrogens (tertiary/aromatic N) is 2. The third-order valence-electron chi connectivity index (χ3n) is 3.23. The van der Waals surface area contributed by atoms with Crippen LogP contribution in [0.5, 0.6) is 0 Å². The van der Waals surface area contributed by atoms with Gasteiger partial charge in [-0.2, -0.15) is 5.10 Å². The Bertz CT molecular complexity index is 535. The van der Waals surface area contributed by atoms with E-state index < -0.39 is 0 Å². The average Bonchev–Trinajstić information content (AvgIpc) is 2.54. The van der Waals surface area contributed by atoms with Gasteiger partial charge in [-0.25, -0.2) is 4.68 Å². The van der Waals surface area contributed by atoms with E-state index in [0.717, 1.165) is 17.0 Å². The lowest BCUT2D eigenvalue weighted by Gasteiger charge is -2.11. The molecule has 17 heavy (non-hydrogen) atoms. The molecule has 0 aliphatic carbocycles. The first-order chi connectivity index (χ1) is 8.06. The molecule has 1 heterocycles. The lowest BCUT2D eigenvalue weighted by Crippen LogP contribution is -2.04. The molecule has 0 amide bonds. The number of para-hydroxylation sites is 1. The summed E-state index contributed by atoms with van der Waals surface area (Å²) >= 11 is 5.96. The van der Waals surface area contributed by atoms with Crippen LogP contribution in [0.3, 0.4) is 0 Å². The highest BCUT2D eigenvalue weighted by molar-refractivity contribution is 6.17. The highest BCUT2D eigenvalue weighted by Crippen LogP contribution is 2.24. The molecule has 2 nitrogen and oxygen atoms in total. The minimum Gasteiger partial charge on any atom is -0.237 e. The van der Waals surface area contributed by atoms with Crippen LogP contribution in [0.1, 0.15) is 28.1 Å². The molecule has 0 aliphatic rings. The molecule has 0 saturated carbocycles. The van der Waals surface area contributed by atoms with Gasteiger partial charge >= 0.3 is 0 Å². The molecule has 0 spiro atoms. The second-order valence-corrected chi connectivity index (χ2v) is 4.70. The summed E-state index contributed by atoms with van der Waals surface area (Å²) in [4.78, 5) is 0. The van der Waals surface area contributed by atoms with Gasteiger partial charge in [0.1, 0.15) is 0 Å². The van der Waals surface area contributed by atoms with E-state index in [4.69, 9.17) is 11.6 Å². The molecule has 0 N–H and O–H groups in total. The predicted octanol–water partition coefficient (Wildman–Crippen LogP) is 3.84. The first-order valence-electron chi connectivity index (χ1n) is 5.74. The molecular weight excluding hydrogens is 232 g/mol. The Morgan fingerprint density at radius 1 is 1.12 bits per heavy atom. The van der Waals surface area contributed by atoms with E-state index in [1.54, 1.807) is 0 Å². The van der Waals surface area contributed by atoms with Crippen molar-refractivity contribution in [2.75, 3.05) is 0 Å². The molecule has 0 aliphatic heterocycles. The number of rotatable bonds is 2. The topological polar surface area (TPSA) is 17.8 Å². The Morgan fingerprint density at radius 3 is 2.18 bits per heavy atom. The van der Waals surface area contributed by atoms with Crippen molar-refractivity contribution < 1.29 is 0 Å². The van der Waals surface area contributed by atoms with E-state index in [9.17, 15) is 0 Å². The summed E-state index contributed by atoms with van der Waals surface area (Å²) in [6.45, 7) is 8.30. The summed E-state index contributed by atoms with van der Waals surface area (Å²) in [5.74, 6) is 0.516. The van der Waals surface area contributed by atoms with Gasteiger partial charge in [0.05, 0.1) is 17.3 Å². The normalized spacial score (nSPS) is 10.9. The molecule has 1 aromatic heterocycles. The molecule has 1 aromatic carbocycles. The third kappa shape index (κ3) is 1.98. The molecule has 0 bridgehead atoms. The zero-order valence-corrected chi connectivity index (χ0v) is 11.5. The molecule has 2 rings (SSSR count). The third-order valence-corrected chi connectivity index (χ3v) is 3.49. The Balaban J connectivity index is 2.69. The lowest BCUT2D eigenvalue weighted by atomic mass is 10.1. The standard InChI is InChI=1S/C14H17ClN2/c1-9-6-5-7-10(2)14(9)17-12(4)13(8-15)11(3)16-17/h5-7H,8H2,1-4H3. The van der Waals surface area contributed by atoms with Crippen molar-refractivity contribution in [2.45, 2.75) is 33.6 Å². The summed E-state index contributed by atoms with van der Waals surface area (Å²) < 4.78 is 2.01. The second-order valence-electron chi connectivity index (χ2n) is 4.44. The summed E-state index contributed by atoms with van der Waals surface area (Å²) in [6.07, 6.45) is 0. The van der Waals surface area contributed by atoms with Crippen LogP contribution in [0.2, 0.25) is 0 Å². The first-order valence-corrected chi connectivity index (χ1v) is 6.27. The van der Waals surface area contributed by atoms with E-state index >= 15 is 0 Å². The Labute approximate surface area is 107 Å². The van der Waals surface area contributed by atoms with Gasteiger partial charge in [0.25, 0.3) is 0 Å². The van der Waals surface area contributed by atoms with Gasteiger partial charge < -0.3 is 0 Å². The number of benzene rings is 1. The largest absolute Gasteiger partial charge is 0.237 e. The first kappa shape index (κ1) is 12.2. The summed E-state index contributed by atoms with van der Waals surface area (Å²) in [5.41, 5.74) is 6.92. The van der Waals surface area contributed by atoms with Gasteiger partial charge in [-0.1, -0.05) is 18.2 Å². The van der Waals surface area contributed by atoms with Crippen molar-refractivity contribution in [3.63, 3.8) is 0 Å². The van der Waals surface area contributed by atoms with E-state index in [-0.39, 0.29) is 0 Å². The van der Waals surface area contributed by atoms with Crippen LogP contribution < -0.4 is 0 Å². The van der Waals surface area contributed by atoms with Crippen molar-refractivity contribution in [2.24, 2.45) is 0 Å². The zero-order valence-electron chi connectivity index (χ0n) is 10.7. The van der Waals surface area contributed by atoms with E-state index in [1.165, 1.54) is 16.8 Å². The van der Waals surface area contributed by atoms with Crippen LogP contribution in [-0.4, -0.2) is 9.78 Å². The average molecular weight is 249 g/mol. The van der Waals surface area contributed by atoms with Crippen LogP contribution in [0.4, 0.5) is 0 Å². The SMILES string of the molecule is Cc1cccc(C)c1-n1nc(C)c(CCl)c1C. The van der Waals surface area contributed by atoms with E-state index in [0.29, 0.717) is 5.88 Å². The smallest absolute Gasteiger partial charge is 0.0707 e. The maximum atomic E-state index is 5.96. The number of aromatic nitrogens is 2. The molecule has 0 atom stereocenters. The van der Waals surface area contributed by atoms with E-state index in [1.807, 2.05) is 11.6 Å². The van der Waals surface area contributed by atoms with Gasteiger partial charge in [-0.3, -0.25) is 0 Å². The molecular formula is C14H17ClN2. The van der Waals surface area contributed by atoms with Crippen molar-refractivity contribution in [3.05, 3.63) is 46.3 Å². The van der Waals surface area contributed by atoms with Crippen molar-refractivity contribution >= 4 is 11.6 Å². The Hall–Kier alpha value is -1.28. The summed E-state index contributed by atoms with van der Waals surface area (Å²) in [7, 11) is 0. The molecule has 0 unspecified atom stereocenters. The predicted molar refractivity (Wildman–Crippen MR) is 72.1 cm³/mol. The van der Waals surface area contributed by atoms with Crippen LogP contribution in [0.15, 0.2) is 18.2 Å². The number of aryl methyl sites for hydroxylation is 3. The van der Waals surface area contributed by atoms with Gasteiger partial charge in [0, 0.05) is 11.3 Å². The monoisotopic (exact) mass is 248 g/mol. The minimum absolute atomic E-state index is 0.516. The van der Waals surface area contributed by atoms with Crippen LogP contribution in [-0.2, 0) is 5.88 Å². The molecule has 0 saturated heterocycles. The van der Waals surface area contributed by atoms with Crippen LogP contribution >= 0.6 is 11.6 Å². The molecule has 0 radical (unpaired) electrons. The fourth-order valence-corrected chi connectivity index (χ4v) is 2.61. The van der Waals surface area contributed by atoms with Gasteiger partial charge in [0.2, 0.25) is 0 Å². The van der Waals surface area contributed by atoms with E-state index in [2.05, 4.69) is 44.1 Å². The Morgan fingerprint density at radius 2 is 1.71 bits per heavy atom. The second kappa shape index (κ2) is 4.53. The number of hydrogen-bond acceptors (Lipinski definition) is 1. The van der Waals surface area contributed by atoms with Gasteiger partial charge in [-0.15, -0.1) is 11.6 Å². The molecule has 0 fully saturated rings. The van der Waals surface area contributed by atoms with Crippen molar-refractivity contribution in [3.8, 4) is 5.69 Å². The minimum atomic E-state index is 0.516. The fourth-order valence-electron chi connectivity index (χ4n) is 2.23. The summed E-state index contributed by atoms with van der Waals surface area (Å²) in [6, 6.07) is 6.29. The zero-order chi connectivity index (χ0) is 12.6. The molecule has 90 valence electrons. The van der Waals surface area contributed by atoms with Crippen LogP contribution in [0, 0.1) is 27.7 Å². The fraction of sp³-hybridized carbons (Fsp3) is 0.357. The number of alkyl halides is 1. The molecule has 2 aromatic rings. The van der Waals surface area contributed by atoms with Crippen molar-refractivity contribution in [1.82, 2.24) is 9.78 Å².